The fourth-order valence-corrected chi connectivity index (χ4v) is 3.36. The van der Waals surface area contributed by atoms with Crippen LogP contribution in [0.3, 0.4) is 0 Å². The van der Waals surface area contributed by atoms with Crippen molar-refractivity contribution in [2.24, 2.45) is 17.2 Å². The highest BCUT2D eigenvalue weighted by Gasteiger charge is 2.08. The van der Waals surface area contributed by atoms with E-state index in [-0.39, 0.29) is 0 Å². The van der Waals surface area contributed by atoms with E-state index in [0.717, 1.165) is 19.6 Å². The quantitative estimate of drug-likeness (QED) is 0.229. The van der Waals surface area contributed by atoms with Gasteiger partial charge in [0.05, 0.1) is 0 Å². The number of nitrogens with zero attached hydrogens (tertiary/aromatic N) is 3. The van der Waals surface area contributed by atoms with Crippen LogP contribution >= 0.6 is 0 Å². The van der Waals surface area contributed by atoms with Crippen LogP contribution in [0.5, 0.6) is 0 Å². The van der Waals surface area contributed by atoms with Crippen LogP contribution in [0.2, 0.25) is 0 Å². The molecule has 3 rings (SSSR count). The van der Waals surface area contributed by atoms with Gasteiger partial charge in [0.1, 0.15) is 0 Å². The first kappa shape index (κ1) is 46.8. The van der Waals surface area contributed by atoms with Crippen LogP contribution < -0.4 is 17.2 Å². The van der Waals surface area contributed by atoms with Crippen LogP contribution in [0.4, 0.5) is 0 Å². The number of rotatable bonds is 9. The van der Waals surface area contributed by atoms with Gasteiger partial charge in [-0.2, -0.15) is 0 Å². The van der Waals surface area contributed by atoms with Gasteiger partial charge in [0, 0.05) is 19.6 Å². The predicted octanol–water partition coefficient (Wildman–Crippen LogP) is 7.48. The summed E-state index contributed by atoms with van der Waals surface area (Å²) in [6.45, 7) is 24.7. The lowest BCUT2D eigenvalue weighted by atomic mass is 10.1. The summed E-state index contributed by atoms with van der Waals surface area (Å²) >= 11 is 0. The normalized spacial score (nSPS) is 10.1. The molecular formula is C39H72N6. The molecule has 0 aromatic heterocycles. The Labute approximate surface area is 280 Å². The predicted molar refractivity (Wildman–Crippen MR) is 203 cm³/mol. The molecule has 0 aliphatic heterocycles. The van der Waals surface area contributed by atoms with Crippen LogP contribution in [0, 0.1) is 0 Å². The van der Waals surface area contributed by atoms with Gasteiger partial charge < -0.3 is 27.0 Å². The van der Waals surface area contributed by atoms with Crippen molar-refractivity contribution in [1.82, 2.24) is 14.7 Å². The van der Waals surface area contributed by atoms with Gasteiger partial charge in [0.2, 0.25) is 0 Å². The molecule has 0 saturated heterocycles. The molecular weight excluding hydrogens is 552 g/mol. The SMILES string of the molecule is CC(C)N.CC(C)N.CC(C)N.CCN(CC)CC.CN(C)C.c1ccc(CN(Cc2ccccc2)Cc2ccccc2)cc1. The van der Waals surface area contributed by atoms with E-state index in [1.54, 1.807) is 0 Å². The highest BCUT2D eigenvalue weighted by atomic mass is 15.1. The van der Waals surface area contributed by atoms with Gasteiger partial charge >= 0.3 is 0 Å². The smallest absolute Gasteiger partial charge is 0.0240 e. The molecule has 0 unspecified atom stereocenters. The van der Waals surface area contributed by atoms with Gasteiger partial charge in [0.15, 0.2) is 0 Å². The van der Waals surface area contributed by atoms with E-state index in [9.17, 15) is 0 Å². The molecule has 258 valence electrons. The van der Waals surface area contributed by atoms with Crippen LogP contribution in [0.25, 0.3) is 0 Å². The highest BCUT2D eigenvalue weighted by molar-refractivity contribution is 5.19. The van der Waals surface area contributed by atoms with Crippen molar-refractivity contribution in [3.05, 3.63) is 108 Å². The molecule has 0 radical (unpaired) electrons. The van der Waals surface area contributed by atoms with Crippen molar-refractivity contribution in [2.45, 2.75) is 100 Å². The molecule has 6 heteroatoms. The number of hydrogen-bond acceptors (Lipinski definition) is 6. The summed E-state index contributed by atoms with van der Waals surface area (Å²) in [6.07, 6.45) is 0. The molecule has 3 aromatic rings. The molecule has 0 heterocycles. The van der Waals surface area contributed by atoms with Crippen molar-refractivity contribution >= 4 is 0 Å². The fraction of sp³-hybridized carbons (Fsp3) is 0.538. The number of hydrogen-bond donors (Lipinski definition) is 3. The summed E-state index contributed by atoms with van der Waals surface area (Å²) in [4.78, 5) is 6.86. The second kappa shape index (κ2) is 32.8. The third-order valence-electron chi connectivity index (χ3n) is 5.09. The van der Waals surface area contributed by atoms with Crippen LogP contribution in [-0.4, -0.2) is 73.6 Å². The zero-order valence-electron chi connectivity index (χ0n) is 31.2. The van der Waals surface area contributed by atoms with Crippen molar-refractivity contribution in [2.75, 3.05) is 40.8 Å². The van der Waals surface area contributed by atoms with Crippen molar-refractivity contribution < 1.29 is 0 Å². The van der Waals surface area contributed by atoms with E-state index in [1.807, 2.05) is 67.6 Å². The second-order valence-corrected chi connectivity index (χ2v) is 12.3. The highest BCUT2D eigenvalue weighted by Crippen LogP contribution is 2.14. The van der Waals surface area contributed by atoms with Gasteiger partial charge in [-0.15, -0.1) is 0 Å². The van der Waals surface area contributed by atoms with Crippen LogP contribution in [0.15, 0.2) is 91.0 Å². The lowest BCUT2D eigenvalue weighted by molar-refractivity contribution is 0.247. The first-order chi connectivity index (χ1) is 21.2. The lowest BCUT2D eigenvalue weighted by Crippen LogP contribution is -2.22. The molecule has 0 spiro atoms. The Hall–Kier alpha value is -2.58. The largest absolute Gasteiger partial charge is 0.328 e. The van der Waals surface area contributed by atoms with E-state index in [2.05, 4.69) is 122 Å². The Kier molecular flexibility index (Phi) is 34.1. The minimum atomic E-state index is 0.333. The maximum Gasteiger partial charge on any atom is 0.0240 e. The van der Waals surface area contributed by atoms with Gasteiger partial charge in [-0.1, -0.05) is 153 Å². The molecule has 0 bridgehead atoms. The van der Waals surface area contributed by atoms with Gasteiger partial charge in [-0.3, -0.25) is 4.90 Å². The van der Waals surface area contributed by atoms with E-state index in [4.69, 9.17) is 17.2 Å². The minimum absolute atomic E-state index is 0.333. The van der Waals surface area contributed by atoms with E-state index in [1.165, 1.54) is 36.3 Å². The van der Waals surface area contributed by atoms with E-state index < -0.39 is 0 Å². The molecule has 0 atom stereocenters. The summed E-state index contributed by atoms with van der Waals surface area (Å²) < 4.78 is 0. The molecule has 0 saturated carbocycles. The second-order valence-electron chi connectivity index (χ2n) is 12.3. The minimum Gasteiger partial charge on any atom is -0.328 e. The maximum atomic E-state index is 5.11. The number of nitrogens with two attached hydrogens (primary N) is 3. The van der Waals surface area contributed by atoms with Gasteiger partial charge in [0.25, 0.3) is 0 Å². The Balaban J connectivity index is -0.000000628. The molecule has 0 aliphatic carbocycles. The van der Waals surface area contributed by atoms with Crippen molar-refractivity contribution in [1.29, 1.82) is 0 Å². The van der Waals surface area contributed by atoms with E-state index in [0.29, 0.717) is 18.1 Å². The average molecular weight is 625 g/mol. The van der Waals surface area contributed by atoms with Crippen molar-refractivity contribution in [3.8, 4) is 0 Å². The molecule has 6 nitrogen and oxygen atoms in total. The first-order valence-electron chi connectivity index (χ1n) is 16.6. The zero-order valence-corrected chi connectivity index (χ0v) is 31.2. The summed E-state index contributed by atoms with van der Waals surface area (Å²) in [5.74, 6) is 0. The number of benzene rings is 3. The van der Waals surface area contributed by atoms with Gasteiger partial charge in [-0.25, -0.2) is 0 Å². The molecule has 3 aromatic carbocycles. The molecule has 0 aliphatic rings. The molecule has 0 amide bonds. The van der Waals surface area contributed by atoms with Crippen LogP contribution in [-0.2, 0) is 19.6 Å². The third-order valence-corrected chi connectivity index (χ3v) is 5.09. The Morgan fingerprint density at radius 2 is 0.600 bits per heavy atom. The lowest BCUT2D eigenvalue weighted by Gasteiger charge is -2.23. The van der Waals surface area contributed by atoms with Crippen molar-refractivity contribution in [3.63, 3.8) is 0 Å². The van der Waals surface area contributed by atoms with Crippen LogP contribution in [0.1, 0.15) is 79.0 Å². The molecule has 6 N–H and O–H groups in total. The fourth-order valence-electron chi connectivity index (χ4n) is 3.36. The third kappa shape index (κ3) is 41.4. The Bertz CT molecular complexity index is 804. The van der Waals surface area contributed by atoms with Gasteiger partial charge in [-0.05, 0) is 75.6 Å². The first-order valence-corrected chi connectivity index (χ1v) is 16.6. The zero-order chi connectivity index (χ0) is 35.0. The topological polar surface area (TPSA) is 87.8 Å². The standard InChI is InChI=1S/C21H21N.C6H15N.4C3H9N/c1-4-10-19(11-5-1)16-22(17-20-12-6-2-7-13-20)18-21-14-8-3-9-15-21;1-4-7(5-2)6-3;1-4(2)3;3*1-3(2)4/h1-15H,16-18H2;4-6H2,1-3H3;1-3H3;3*3H,4H2,1-2H3. The molecule has 0 fully saturated rings. The summed E-state index contributed by atoms with van der Waals surface area (Å²) in [7, 11) is 6.00. The Morgan fingerprint density at radius 1 is 0.422 bits per heavy atom. The summed E-state index contributed by atoms with van der Waals surface area (Å²) in [5.41, 5.74) is 19.4. The maximum absolute atomic E-state index is 5.11. The monoisotopic (exact) mass is 625 g/mol. The summed E-state index contributed by atoms with van der Waals surface area (Å²) in [6, 6.07) is 33.1. The van der Waals surface area contributed by atoms with E-state index >= 15 is 0 Å². The molecule has 45 heavy (non-hydrogen) atoms. The summed E-state index contributed by atoms with van der Waals surface area (Å²) in [5, 5.41) is 0. The average Bonchev–Trinajstić information content (AvgIpc) is 2.95. The Morgan fingerprint density at radius 3 is 0.733 bits per heavy atom.